The normalized spacial score (nSPS) is 10.5. The van der Waals surface area contributed by atoms with Crippen LogP contribution in [0.4, 0.5) is 5.69 Å². The maximum atomic E-state index is 11.9. The predicted octanol–water partition coefficient (Wildman–Crippen LogP) is 4.27. The zero-order valence-corrected chi connectivity index (χ0v) is 15.5. The average molecular weight is 390 g/mol. The van der Waals surface area contributed by atoms with Crippen molar-refractivity contribution in [2.45, 2.75) is 5.75 Å². The fourth-order valence-electron chi connectivity index (χ4n) is 2.17. The van der Waals surface area contributed by atoms with Crippen LogP contribution in [0.15, 0.2) is 53.1 Å². The third-order valence-electron chi connectivity index (χ3n) is 3.38. The molecule has 0 unspecified atom stereocenters. The van der Waals surface area contributed by atoms with Gasteiger partial charge >= 0.3 is 0 Å². The molecule has 0 fully saturated rings. The lowest BCUT2D eigenvalue weighted by atomic mass is 10.2. The first-order chi connectivity index (χ1) is 12.6. The first-order valence-electron chi connectivity index (χ1n) is 7.74. The van der Waals surface area contributed by atoms with Crippen LogP contribution in [0.3, 0.4) is 0 Å². The molecular weight excluding hydrogens is 374 g/mol. The maximum absolute atomic E-state index is 11.9. The Morgan fingerprint density at radius 3 is 2.81 bits per heavy atom. The van der Waals surface area contributed by atoms with Crippen molar-refractivity contribution in [1.82, 2.24) is 10.1 Å². The van der Waals surface area contributed by atoms with Gasteiger partial charge in [0.15, 0.2) is 0 Å². The quantitative estimate of drug-likeness (QED) is 0.650. The van der Waals surface area contributed by atoms with Crippen molar-refractivity contribution in [1.29, 1.82) is 0 Å². The topological polar surface area (TPSA) is 77.2 Å². The van der Waals surface area contributed by atoms with Crippen molar-refractivity contribution in [3.8, 4) is 17.1 Å². The van der Waals surface area contributed by atoms with Crippen molar-refractivity contribution in [3.63, 3.8) is 0 Å². The third-order valence-corrected chi connectivity index (χ3v) is 4.54. The first kappa shape index (κ1) is 18.3. The van der Waals surface area contributed by atoms with Gasteiger partial charge in [-0.2, -0.15) is 4.98 Å². The van der Waals surface area contributed by atoms with Crippen LogP contribution in [0.25, 0.3) is 11.4 Å². The standard InChI is InChI=1S/C18H16ClN3O3S/c1-24-15-7-5-12(6-8-15)18-21-17(25-22-18)11-26-10-16(23)20-14-4-2-3-13(19)9-14/h2-9H,10-11H2,1H3,(H,20,23). The smallest absolute Gasteiger partial charge is 0.236 e. The van der Waals surface area contributed by atoms with Gasteiger partial charge in [-0.15, -0.1) is 11.8 Å². The number of hydrogen-bond donors (Lipinski definition) is 1. The summed E-state index contributed by atoms with van der Waals surface area (Å²) in [5, 5.41) is 7.33. The summed E-state index contributed by atoms with van der Waals surface area (Å²) in [7, 11) is 1.61. The lowest BCUT2D eigenvalue weighted by molar-refractivity contribution is -0.113. The summed E-state index contributed by atoms with van der Waals surface area (Å²) >= 11 is 7.28. The molecule has 2 aromatic carbocycles. The van der Waals surface area contributed by atoms with Gasteiger partial charge < -0.3 is 14.6 Å². The van der Waals surface area contributed by atoms with Gasteiger partial charge in [0.2, 0.25) is 17.6 Å². The molecule has 0 saturated carbocycles. The summed E-state index contributed by atoms with van der Waals surface area (Å²) in [5.74, 6) is 2.34. The van der Waals surface area contributed by atoms with E-state index >= 15 is 0 Å². The molecule has 3 aromatic rings. The van der Waals surface area contributed by atoms with E-state index in [0.29, 0.717) is 28.2 Å². The number of nitrogens with zero attached hydrogens (tertiary/aromatic N) is 2. The molecular formula is C18H16ClN3O3S. The number of hydrogen-bond acceptors (Lipinski definition) is 6. The summed E-state index contributed by atoms with van der Waals surface area (Å²) < 4.78 is 10.4. The Morgan fingerprint density at radius 1 is 1.27 bits per heavy atom. The molecule has 0 aliphatic carbocycles. The fourth-order valence-corrected chi connectivity index (χ4v) is 3.01. The van der Waals surface area contributed by atoms with E-state index in [9.17, 15) is 4.79 Å². The van der Waals surface area contributed by atoms with E-state index in [4.69, 9.17) is 20.9 Å². The van der Waals surface area contributed by atoms with Gasteiger partial charge in [-0.05, 0) is 42.5 Å². The van der Waals surface area contributed by atoms with Gasteiger partial charge in [0.05, 0.1) is 18.6 Å². The van der Waals surface area contributed by atoms with E-state index in [0.717, 1.165) is 11.3 Å². The summed E-state index contributed by atoms with van der Waals surface area (Å²) in [4.78, 5) is 16.3. The molecule has 0 spiro atoms. The van der Waals surface area contributed by atoms with Crippen molar-refractivity contribution in [3.05, 3.63) is 59.4 Å². The number of halogens is 1. The van der Waals surface area contributed by atoms with E-state index < -0.39 is 0 Å². The number of carbonyl (C=O) groups is 1. The molecule has 6 nitrogen and oxygen atoms in total. The fraction of sp³-hybridized carbons (Fsp3) is 0.167. The van der Waals surface area contributed by atoms with Crippen LogP contribution in [0.1, 0.15) is 5.89 Å². The number of methoxy groups -OCH3 is 1. The molecule has 0 saturated heterocycles. The maximum Gasteiger partial charge on any atom is 0.236 e. The molecule has 0 atom stereocenters. The molecule has 26 heavy (non-hydrogen) atoms. The lowest BCUT2D eigenvalue weighted by Crippen LogP contribution is -2.14. The van der Waals surface area contributed by atoms with Gasteiger partial charge in [-0.3, -0.25) is 4.79 Å². The summed E-state index contributed by atoms with van der Waals surface area (Å²) in [6, 6.07) is 14.4. The Kier molecular flexibility index (Phi) is 6.14. The van der Waals surface area contributed by atoms with Crippen LogP contribution in [0, 0.1) is 0 Å². The second-order valence-electron chi connectivity index (χ2n) is 5.29. The number of anilines is 1. The van der Waals surface area contributed by atoms with E-state index in [1.807, 2.05) is 24.3 Å². The predicted molar refractivity (Wildman–Crippen MR) is 103 cm³/mol. The molecule has 0 bridgehead atoms. The first-order valence-corrected chi connectivity index (χ1v) is 9.27. The summed E-state index contributed by atoms with van der Waals surface area (Å²) in [5.41, 5.74) is 1.51. The van der Waals surface area contributed by atoms with Crippen molar-refractivity contribution < 1.29 is 14.1 Å². The molecule has 134 valence electrons. The van der Waals surface area contributed by atoms with Gasteiger partial charge in [0.1, 0.15) is 5.75 Å². The molecule has 1 amide bonds. The number of thioether (sulfide) groups is 1. The highest BCUT2D eigenvalue weighted by Crippen LogP contribution is 2.21. The highest BCUT2D eigenvalue weighted by molar-refractivity contribution is 7.99. The van der Waals surface area contributed by atoms with E-state index in [1.54, 1.807) is 31.4 Å². The SMILES string of the molecule is COc1ccc(-c2noc(CSCC(=O)Nc3cccc(Cl)c3)n2)cc1. The number of nitrogens with one attached hydrogen (secondary N) is 1. The minimum absolute atomic E-state index is 0.118. The largest absolute Gasteiger partial charge is 0.497 e. The minimum Gasteiger partial charge on any atom is -0.497 e. The Labute approximate surface area is 159 Å². The number of aromatic nitrogens is 2. The molecule has 0 aliphatic heterocycles. The second kappa shape index (κ2) is 8.73. The zero-order valence-electron chi connectivity index (χ0n) is 13.9. The Balaban J connectivity index is 1.49. The Bertz CT molecular complexity index is 883. The molecule has 8 heteroatoms. The summed E-state index contributed by atoms with van der Waals surface area (Å²) in [6.07, 6.45) is 0. The third kappa shape index (κ3) is 5.00. The van der Waals surface area contributed by atoms with Crippen LogP contribution >= 0.6 is 23.4 Å². The molecule has 0 aliphatic rings. The average Bonchev–Trinajstić information content (AvgIpc) is 3.11. The molecule has 1 N–H and O–H groups in total. The molecule has 1 heterocycles. The number of rotatable bonds is 7. The number of amides is 1. The van der Waals surface area contributed by atoms with Gasteiger partial charge in [0, 0.05) is 16.3 Å². The van der Waals surface area contributed by atoms with Gasteiger partial charge in [0.25, 0.3) is 0 Å². The van der Waals surface area contributed by atoms with Crippen molar-refractivity contribution in [2.75, 3.05) is 18.2 Å². The van der Waals surface area contributed by atoms with E-state index in [2.05, 4.69) is 15.5 Å². The molecule has 3 rings (SSSR count). The minimum atomic E-state index is -0.118. The Morgan fingerprint density at radius 2 is 2.08 bits per heavy atom. The monoisotopic (exact) mass is 389 g/mol. The molecule has 1 aromatic heterocycles. The van der Waals surface area contributed by atoms with E-state index in [-0.39, 0.29) is 11.7 Å². The van der Waals surface area contributed by atoms with E-state index in [1.165, 1.54) is 11.8 Å². The van der Waals surface area contributed by atoms with Crippen molar-refractivity contribution in [2.24, 2.45) is 0 Å². The molecule has 0 radical (unpaired) electrons. The number of ether oxygens (including phenoxy) is 1. The summed E-state index contributed by atoms with van der Waals surface area (Å²) in [6.45, 7) is 0. The van der Waals surface area contributed by atoms with Crippen LogP contribution in [0.2, 0.25) is 5.02 Å². The number of benzene rings is 2. The van der Waals surface area contributed by atoms with Crippen LogP contribution in [-0.4, -0.2) is 28.9 Å². The second-order valence-corrected chi connectivity index (χ2v) is 6.71. The van der Waals surface area contributed by atoms with Gasteiger partial charge in [-0.25, -0.2) is 0 Å². The van der Waals surface area contributed by atoms with Crippen molar-refractivity contribution >= 4 is 35.0 Å². The highest BCUT2D eigenvalue weighted by Gasteiger charge is 2.10. The zero-order chi connectivity index (χ0) is 18.4. The lowest BCUT2D eigenvalue weighted by Gasteiger charge is -2.04. The number of carbonyl (C=O) groups excluding carboxylic acids is 1. The highest BCUT2D eigenvalue weighted by atomic mass is 35.5. The van der Waals surface area contributed by atoms with Crippen LogP contribution in [0.5, 0.6) is 5.75 Å². The van der Waals surface area contributed by atoms with Crippen LogP contribution in [-0.2, 0) is 10.5 Å². The Hall–Kier alpha value is -2.51. The van der Waals surface area contributed by atoms with Gasteiger partial charge in [-0.1, -0.05) is 22.8 Å². The van der Waals surface area contributed by atoms with Crippen LogP contribution < -0.4 is 10.1 Å².